The molecule has 1 heterocycles. The number of anilines is 3. The topological polar surface area (TPSA) is 66.9 Å². The van der Waals surface area contributed by atoms with Crippen LogP contribution in [0.25, 0.3) is 0 Å². The van der Waals surface area contributed by atoms with Crippen molar-refractivity contribution >= 4 is 46.4 Å². The van der Waals surface area contributed by atoms with E-state index in [9.17, 15) is 4.79 Å². The van der Waals surface area contributed by atoms with E-state index >= 15 is 0 Å². The zero-order valence-electron chi connectivity index (χ0n) is 14.2. The summed E-state index contributed by atoms with van der Waals surface area (Å²) in [5, 5.41) is 6.72. The number of carbonyl (C=O) groups is 1. The molecule has 2 N–H and O–H groups in total. The predicted molar refractivity (Wildman–Crippen MR) is 106 cm³/mol. The lowest BCUT2D eigenvalue weighted by atomic mass is 10.2. The van der Waals surface area contributed by atoms with E-state index < -0.39 is 0 Å². The predicted octanol–water partition coefficient (Wildman–Crippen LogP) is 5.40. The third kappa shape index (κ3) is 4.50. The minimum absolute atomic E-state index is 0.275. The Labute approximate surface area is 161 Å². The van der Waals surface area contributed by atoms with E-state index in [1.165, 1.54) is 6.07 Å². The van der Waals surface area contributed by atoms with Crippen LogP contribution in [0.5, 0.6) is 0 Å². The molecule has 26 heavy (non-hydrogen) atoms. The van der Waals surface area contributed by atoms with E-state index in [4.69, 9.17) is 23.2 Å². The van der Waals surface area contributed by atoms with Gasteiger partial charge in [-0.05, 0) is 56.3 Å². The van der Waals surface area contributed by atoms with Gasteiger partial charge in [-0.3, -0.25) is 4.79 Å². The number of aromatic nitrogens is 2. The van der Waals surface area contributed by atoms with Crippen LogP contribution in [-0.4, -0.2) is 15.9 Å². The summed E-state index contributed by atoms with van der Waals surface area (Å²) < 4.78 is 0. The van der Waals surface area contributed by atoms with Gasteiger partial charge in [0.05, 0.1) is 10.0 Å². The lowest BCUT2D eigenvalue weighted by Crippen LogP contribution is -2.12. The Bertz CT molecular complexity index is 955. The highest BCUT2D eigenvalue weighted by molar-refractivity contribution is 6.42. The summed E-state index contributed by atoms with van der Waals surface area (Å²) in [6, 6.07) is 13.9. The van der Waals surface area contributed by atoms with Gasteiger partial charge in [0, 0.05) is 28.3 Å². The summed E-state index contributed by atoms with van der Waals surface area (Å²) in [6.45, 7) is 3.82. The van der Waals surface area contributed by atoms with Crippen molar-refractivity contribution in [2.45, 2.75) is 13.8 Å². The SMILES string of the molecule is Cc1cc(C)nc(Nc2cccc(NC(=O)c3ccc(Cl)c(Cl)c3)c2)n1. The monoisotopic (exact) mass is 386 g/mol. The highest BCUT2D eigenvalue weighted by Gasteiger charge is 2.09. The number of hydrogen-bond donors (Lipinski definition) is 2. The van der Waals surface area contributed by atoms with E-state index in [0.717, 1.165) is 17.1 Å². The summed E-state index contributed by atoms with van der Waals surface area (Å²) in [6.07, 6.45) is 0. The van der Waals surface area contributed by atoms with Crippen molar-refractivity contribution in [3.05, 3.63) is 75.5 Å². The van der Waals surface area contributed by atoms with Gasteiger partial charge in [0.1, 0.15) is 0 Å². The summed E-state index contributed by atoms with van der Waals surface area (Å²) in [7, 11) is 0. The average molecular weight is 387 g/mol. The van der Waals surface area contributed by atoms with Gasteiger partial charge in [0.15, 0.2) is 0 Å². The van der Waals surface area contributed by atoms with Crippen molar-refractivity contribution < 1.29 is 4.79 Å². The maximum atomic E-state index is 12.4. The number of amides is 1. The molecule has 0 fully saturated rings. The van der Waals surface area contributed by atoms with Gasteiger partial charge < -0.3 is 10.6 Å². The first-order valence-corrected chi connectivity index (χ1v) is 8.62. The van der Waals surface area contributed by atoms with Gasteiger partial charge >= 0.3 is 0 Å². The maximum Gasteiger partial charge on any atom is 0.255 e. The molecule has 3 aromatic rings. The fourth-order valence-corrected chi connectivity index (χ4v) is 2.72. The number of carbonyl (C=O) groups excluding carboxylic acids is 1. The lowest BCUT2D eigenvalue weighted by Gasteiger charge is -2.10. The second-order valence-corrected chi connectivity index (χ2v) is 6.58. The number of nitrogens with zero attached hydrogens (tertiary/aromatic N) is 2. The molecule has 0 spiro atoms. The molecule has 0 aliphatic carbocycles. The van der Waals surface area contributed by atoms with Crippen molar-refractivity contribution in [1.82, 2.24) is 9.97 Å². The first-order valence-electron chi connectivity index (χ1n) is 7.86. The van der Waals surface area contributed by atoms with E-state index in [0.29, 0.717) is 27.2 Å². The molecule has 0 saturated heterocycles. The highest BCUT2D eigenvalue weighted by atomic mass is 35.5. The van der Waals surface area contributed by atoms with Gasteiger partial charge in [-0.15, -0.1) is 0 Å². The Hall–Kier alpha value is -2.63. The van der Waals surface area contributed by atoms with E-state index in [-0.39, 0.29) is 5.91 Å². The molecule has 132 valence electrons. The third-order valence-electron chi connectivity index (χ3n) is 3.54. The van der Waals surface area contributed by atoms with Gasteiger partial charge in [-0.2, -0.15) is 0 Å². The van der Waals surface area contributed by atoms with Crippen LogP contribution < -0.4 is 10.6 Å². The Morgan fingerprint density at radius 3 is 2.27 bits per heavy atom. The molecule has 0 saturated carbocycles. The largest absolute Gasteiger partial charge is 0.324 e. The molecular formula is C19H16Cl2N4O. The van der Waals surface area contributed by atoms with E-state index in [1.807, 2.05) is 32.0 Å². The Morgan fingerprint density at radius 2 is 1.58 bits per heavy atom. The Balaban J connectivity index is 1.76. The highest BCUT2D eigenvalue weighted by Crippen LogP contribution is 2.24. The number of nitrogens with one attached hydrogen (secondary N) is 2. The normalized spacial score (nSPS) is 10.5. The standard InChI is InChI=1S/C19H16Cl2N4O/c1-11-8-12(2)23-19(22-11)25-15-5-3-4-14(10-15)24-18(26)13-6-7-16(20)17(21)9-13/h3-10H,1-2H3,(H,24,26)(H,22,23,25). The fraction of sp³-hybridized carbons (Fsp3) is 0.105. The first-order chi connectivity index (χ1) is 12.4. The fourth-order valence-electron chi connectivity index (χ4n) is 2.43. The first kappa shape index (κ1) is 18.2. The van der Waals surface area contributed by atoms with Crippen LogP contribution in [-0.2, 0) is 0 Å². The molecule has 1 aromatic heterocycles. The summed E-state index contributed by atoms with van der Waals surface area (Å²) >= 11 is 11.8. The van der Waals surface area contributed by atoms with Crippen LogP contribution >= 0.6 is 23.2 Å². The molecule has 0 aliphatic rings. The number of benzene rings is 2. The van der Waals surface area contributed by atoms with Crippen molar-refractivity contribution in [2.24, 2.45) is 0 Å². The molecule has 0 radical (unpaired) electrons. The van der Waals surface area contributed by atoms with Crippen LogP contribution in [0.15, 0.2) is 48.5 Å². The van der Waals surface area contributed by atoms with E-state index in [1.54, 1.807) is 24.3 Å². The van der Waals surface area contributed by atoms with E-state index in [2.05, 4.69) is 20.6 Å². The second kappa shape index (κ2) is 7.72. The number of aryl methyl sites for hydroxylation is 2. The minimum atomic E-state index is -0.275. The van der Waals surface area contributed by atoms with Gasteiger partial charge in [-0.25, -0.2) is 9.97 Å². The van der Waals surface area contributed by atoms with Gasteiger partial charge in [0.25, 0.3) is 5.91 Å². The molecule has 0 aliphatic heterocycles. The molecule has 7 heteroatoms. The molecule has 0 bridgehead atoms. The Kier molecular flexibility index (Phi) is 5.40. The molecular weight excluding hydrogens is 371 g/mol. The number of hydrogen-bond acceptors (Lipinski definition) is 4. The van der Waals surface area contributed by atoms with Crippen LogP contribution in [0.2, 0.25) is 10.0 Å². The number of halogens is 2. The van der Waals surface area contributed by atoms with Gasteiger partial charge in [-0.1, -0.05) is 29.3 Å². The maximum absolute atomic E-state index is 12.4. The van der Waals surface area contributed by atoms with Crippen molar-refractivity contribution in [3.63, 3.8) is 0 Å². The van der Waals surface area contributed by atoms with Crippen molar-refractivity contribution in [1.29, 1.82) is 0 Å². The average Bonchev–Trinajstić information content (AvgIpc) is 2.56. The zero-order chi connectivity index (χ0) is 18.7. The summed E-state index contributed by atoms with van der Waals surface area (Å²) in [5.74, 6) is 0.235. The van der Waals surface area contributed by atoms with Crippen LogP contribution in [0.1, 0.15) is 21.7 Å². The van der Waals surface area contributed by atoms with Gasteiger partial charge in [0.2, 0.25) is 5.95 Å². The molecule has 0 atom stereocenters. The summed E-state index contributed by atoms with van der Waals surface area (Å²) in [5.41, 5.74) is 3.58. The molecule has 5 nitrogen and oxygen atoms in total. The number of rotatable bonds is 4. The van der Waals surface area contributed by atoms with Crippen LogP contribution in [0, 0.1) is 13.8 Å². The van der Waals surface area contributed by atoms with Crippen molar-refractivity contribution in [3.8, 4) is 0 Å². The molecule has 1 amide bonds. The molecule has 2 aromatic carbocycles. The zero-order valence-corrected chi connectivity index (χ0v) is 15.7. The Morgan fingerprint density at radius 1 is 0.885 bits per heavy atom. The smallest absolute Gasteiger partial charge is 0.255 e. The third-order valence-corrected chi connectivity index (χ3v) is 4.28. The quantitative estimate of drug-likeness (QED) is 0.629. The minimum Gasteiger partial charge on any atom is -0.324 e. The molecule has 0 unspecified atom stereocenters. The van der Waals surface area contributed by atoms with Crippen molar-refractivity contribution in [2.75, 3.05) is 10.6 Å². The summed E-state index contributed by atoms with van der Waals surface area (Å²) in [4.78, 5) is 21.1. The van der Waals surface area contributed by atoms with Crippen LogP contribution in [0.4, 0.5) is 17.3 Å². The van der Waals surface area contributed by atoms with Crippen LogP contribution in [0.3, 0.4) is 0 Å². The second-order valence-electron chi connectivity index (χ2n) is 5.76. The molecule has 3 rings (SSSR count). The lowest BCUT2D eigenvalue weighted by molar-refractivity contribution is 0.102.